The fraction of sp³-hybridized carbons (Fsp3) is 0.818. The fourth-order valence-corrected chi connectivity index (χ4v) is 1.85. The molecule has 2 aliphatic heterocycles. The lowest BCUT2D eigenvalue weighted by Gasteiger charge is -2.19. The summed E-state index contributed by atoms with van der Waals surface area (Å²) in [6.07, 6.45) is 2.05. The monoisotopic (exact) mass is 258 g/mol. The van der Waals surface area contributed by atoms with E-state index in [1.54, 1.807) is 0 Å². The molecule has 0 aromatic rings. The van der Waals surface area contributed by atoms with E-state index in [9.17, 15) is 9.59 Å². The van der Waals surface area contributed by atoms with Gasteiger partial charge in [0.15, 0.2) is 6.23 Å². The molecule has 18 heavy (non-hydrogen) atoms. The standard InChI is InChI=1S/C9H16N2O2.C2H6N2O/c1-7-6-10-8(13-7)9(12)11-4-2-3-5-11;1-4-2(3)5/h7-8,10H,2-6H2,1H3;1H3,(H3,3,4,5)/t7-,8+;/m1./s1. The molecule has 2 rings (SSSR count). The third-order valence-corrected chi connectivity index (χ3v) is 2.85. The number of carbonyl (C=O) groups excluding carboxylic acids is 2. The van der Waals surface area contributed by atoms with Crippen molar-refractivity contribution in [3.63, 3.8) is 0 Å². The maximum absolute atomic E-state index is 11.7. The van der Waals surface area contributed by atoms with E-state index in [1.165, 1.54) is 7.05 Å². The number of carbonyl (C=O) groups is 2. The summed E-state index contributed by atoms with van der Waals surface area (Å²) in [5.41, 5.74) is 4.54. The zero-order chi connectivity index (χ0) is 13.5. The third-order valence-electron chi connectivity index (χ3n) is 2.85. The van der Waals surface area contributed by atoms with Gasteiger partial charge in [0.25, 0.3) is 5.91 Å². The van der Waals surface area contributed by atoms with Crippen molar-refractivity contribution in [2.24, 2.45) is 5.73 Å². The summed E-state index contributed by atoms with van der Waals surface area (Å²) < 4.78 is 5.43. The molecule has 0 bridgehead atoms. The Morgan fingerprint density at radius 1 is 1.39 bits per heavy atom. The van der Waals surface area contributed by atoms with Gasteiger partial charge in [-0.05, 0) is 19.8 Å². The molecule has 0 saturated carbocycles. The number of hydrogen-bond donors (Lipinski definition) is 3. The van der Waals surface area contributed by atoms with E-state index in [2.05, 4.69) is 16.4 Å². The maximum atomic E-state index is 11.7. The van der Waals surface area contributed by atoms with Crippen LogP contribution in [0.25, 0.3) is 0 Å². The molecule has 0 aromatic heterocycles. The normalized spacial score (nSPS) is 26.4. The van der Waals surface area contributed by atoms with E-state index in [4.69, 9.17) is 4.74 Å². The number of hydrogen-bond acceptors (Lipinski definition) is 4. The van der Waals surface area contributed by atoms with Gasteiger partial charge in [-0.3, -0.25) is 10.1 Å². The Hall–Kier alpha value is -1.34. The van der Waals surface area contributed by atoms with Crippen LogP contribution in [0.2, 0.25) is 0 Å². The number of nitrogens with one attached hydrogen (secondary N) is 2. The molecule has 2 aliphatic rings. The summed E-state index contributed by atoms with van der Waals surface area (Å²) in [5.74, 6) is 0.113. The van der Waals surface area contributed by atoms with Crippen LogP contribution >= 0.6 is 0 Å². The highest BCUT2D eigenvalue weighted by Crippen LogP contribution is 2.12. The Morgan fingerprint density at radius 2 is 1.94 bits per heavy atom. The quantitative estimate of drug-likeness (QED) is 0.575. The van der Waals surface area contributed by atoms with Crippen LogP contribution in [0, 0.1) is 0 Å². The average Bonchev–Trinajstić information content (AvgIpc) is 2.99. The van der Waals surface area contributed by atoms with E-state index in [0.29, 0.717) is 0 Å². The third kappa shape index (κ3) is 4.50. The number of primary amides is 1. The number of rotatable bonds is 1. The van der Waals surface area contributed by atoms with Crippen molar-refractivity contribution in [2.45, 2.75) is 32.1 Å². The van der Waals surface area contributed by atoms with Gasteiger partial charge in [0.1, 0.15) is 0 Å². The molecule has 0 unspecified atom stereocenters. The van der Waals surface area contributed by atoms with Gasteiger partial charge in [0.2, 0.25) is 0 Å². The molecular formula is C11H22N4O3. The number of amides is 3. The van der Waals surface area contributed by atoms with Crippen molar-refractivity contribution in [1.29, 1.82) is 0 Å². The summed E-state index contributed by atoms with van der Waals surface area (Å²) in [6.45, 7) is 4.55. The Morgan fingerprint density at radius 3 is 2.33 bits per heavy atom. The van der Waals surface area contributed by atoms with Crippen molar-refractivity contribution < 1.29 is 14.3 Å². The van der Waals surface area contributed by atoms with Crippen LogP contribution in [0.5, 0.6) is 0 Å². The molecule has 0 spiro atoms. The first-order chi connectivity index (χ1) is 8.54. The maximum Gasteiger partial charge on any atom is 0.311 e. The topological polar surface area (TPSA) is 96.7 Å². The minimum absolute atomic E-state index is 0.113. The van der Waals surface area contributed by atoms with Crippen molar-refractivity contribution in [1.82, 2.24) is 15.5 Å². The number of nitrogens with zero attached hydrogens (tertiary/aromatic N) is 1. The molecule has 0 aliphatic carbocycles. The van der Waals surface area contributed by atoms with Crippen LogP contribution in [0.1, 0.15) is 19.8 Å². The van der Waals surface area contributed by atoms with Gasteiger partial charge in [-0.25, -0.2) is 4.79 Å². The predicted molar refractivity (Wildman–Crippen MR) is 66.8 cm³/mol. The second-order valence-electron chi connectivity index (χ2n) is 4.38. The van der Waals surface area contributed by atoms with Gasteiger partial charge < -0.3 is 20.7 Å². The van der Waals surface area contributed by atoms with Crippen LogP contribution in [0.3, 0.4) is 0 Å². The van der Waals surface area contributed by atoms with E-state index in [0.717, 1.165) is 32.5 Å². The SMILES string of the molecule is CNC(N)=O.C[C@@H]1CN[C@H](C(=O)N2CCCC2)O1. The van der Waals surface area contributed by atoms with E-state index in [-0.39, 0.29) is 18.2 Å². The van der Waals surface area contributed by atoms with Crippen LogP contribution in [0.15, 0.2) is 0 Å². The zero-order valence-corrected chi connectivity index (χ0v) is 10.9. The summed E-state index contributed by atoms with van der Waals surface area (Å²) >= 11 is 0. The molecular weight excluding hydrogens is 236 g/mol. The Labute approximate surface area is 107 Å². The van der Waals surface area contributed by atoms with Gasteiger partial charge in [-0.15, -0.1) is 0 Å². The molecule has 3 amide bonds. The smallest absolute Gasteiger partial charge is 0.311 e. The molecule has 7 nitrogen and oxygen atoms in total. The lowest BCUT2D eigenvalue weighted by Crippen LogP contribution is -2.42. The first kappa shape index (κ1) is 14.7. The average molecular weight is 258 g/mol. The van der Waals surface area contributed by atoms with E-state index in [1.807, 2.05) is 11.8 Å². The number of nitrogens with two attached hydrogens (primary N) is 1. The lowest BCUT2D eigenvalue weighted by molar-refractivity contribution is -0.142. The lowest BCUT2D eigenvalue weighted by atomic mass is 10.4. The van der Waals surface area contributed by atoms with E-state index < -0.39 is 6.03 Å². The van der Waals surface area contributed by atoms with Gasteiger partial charge in [0.05, 0.1) is 6.10 Å². The van der Waals surface area contributed by atoms with Gasteiger partial charge in [-0.1, -0.05) is 0 Å². The molecule has 2 fully saturated rings. The van der Waals surface area contributed by atoms with Crippen molar-refractivity contribution in [3.8, 4) is 0 Å². The first-order valence-corrected chi connectivity index (χ1v) is 6.19. The van der Waals surface area contributed by atoms with Crippen LogP contribution in [-0.4, -0.2) is 55.9 Å². The molecule has 4 N–H and O–H groups in total. The Balaban J connectivity index is 0.000000280. The second-order valence-corrected chi connectivity index (χ2v) is 4.38. The van der Waals surface area contributed by atoms with Crippen LogP contribution < -0.4 is 16.4 Å². The van der Waals surface area contributed by atoms with Crippen molar-refractivity contribution >= 4 is 11.9 Å². The zero-order valence-electron chi connectivity index (χ0n) is 10.9. The van der Waals surface area contributed by atoms with Gasteiger partial charge >= 0.3 is 6.03 Å². The fourth-order valence-electron chi connectivity index (χ4n) is 1.85. The molecule has 2 heterocycles. The Bertz CT molecular complexity index is 292. The van der Waals surface area contributed by atoms with Gasteiger partial charge in [0, 0.05) is 26.7 Å². The largest absolute Gasteiger partial charge is 0.352 e. The highest BCUT2D eigenvalue weighted by Gasteiger charge is 2.31. The number of ether oxygens (including phenoxy) is 1. The molecule has 0 aromatic carbocycles. The molecule has 0 radical (unpaired) electrons. The summed E-state index contributed by atoms with van der Waals surface area (Å²) in [6, 6.07) is -0.495. The number of urea groups is 1. The molecule has 7 heteroatoms. The molecule has 104 valence electrons. The van der Waals surface area contributed by atoms with Crippen molar-refractivity contribution in [3.05, 3.63) is 0 Å². The highest BCUT2D eigenvalue weighted by molar-refractivity contribution is 5.81. The summed E-state index contributed by atoms with van der Waals surface area (Å²) in [7, 11) is 1.47. The van der Waals surface area contributed by atoms with E-state index >= 15 is 0 Å². The van der Waals surface area contributed by atoms with Crippen LogP contribution in [-0.2, 0) is 9.53 Å². The highest BCUT2D eigenvalue weighted by atomic mass is 16.5. The molecule has 2 atom stereocenters. The van der Waals surface area contributed by atoms with Gasteiger partial charge in [-0.2, -0.15) is 0 Å². The predicted octanol–water partition coefficient (Wildman–Crippen LogP) is -0.772. The van der Waals surface area contributed by atoms with Crippen molar-refractivity contribution in [2.75, 3.05) is 26.7 Å². The molecule has 2 saturated heterocycles. The summed E-state index contributed by atoms with van der Waals surface area (Å²) in [5, 5.41) is 5.24. The first-order valence-electron chi connectivity index (χ1n) is 6.19. The number of likely N-dealkylation sites (tertiary alicyclic amines) is 1. The Kier molecular flexibility index (Phi) is 5.87. The minimum Gasteiger partial charge on any atom is -0.352 e. The minimum atomic E-state index is -0.495. The second kappa shape index (κ2) is 7.17. The summed E-state index contributed by atoms with van der Waals surface area (Å²) in [4.78, 5) is 23.1. The van der Waals surface area contributed by atoms with Crippen LogP contribution in [0.4, 0.5) is 4.79 Å².